The van der Waals surface area contributed by atoms with E-state index < -0.39 is 0 Å². The van der Waals surface area contributed by atoms with E-state index in [9.17, 15) is 4.79 Å². The SMILES string of the molecule is CC1(C)CN(C(=O)N2CCOCC2)CCO1. The number of carbonyl (C=O) groups excluding carboxylic acids is 1. The van der Waals surface area contributed by atoms with Crippen molar-refractivity contribution < 1.29 is 14.3 Å². The summed E-state index contributed by atoms with van der Waals surface area (Å²) in [5.74, 6) is 0. The highest BCUT2D eigenvalue weighted by atomic mass is 16.5. The van der Waals surface area contributed by atoms with Crippen LogP contribution in [0.5, 0.6) is 0 Å². The van der Waals surface area contributed by atoms with E-state index in [1.54, 1.807) is 0 Å². The van der Waals surface area contributed by atoms with Gasteiger partial charge in [-0.2, -0.15) is 0 Å². The molecule has 0 spiro atoms. The van der Waals surface area contributed by atoms with Gasteiger partial charge in [0.05, 0.1) is 32.0 Å². The quantitative estimate of drug-likeness (QED) is 0.608. The third-order valence-corrected chi connectivity index (χ3v) is 2.98. The molecule has 2 rings (SSSR count). The highest BCUT2D eigenvalue weighted by Gasteiger charge is 2.32. The second kappa shape index (κ2) is 4.59. The second-order valence-corrected chi connectivity index (χ2v) is 4.91. The lowest BCUT2D eigenvalue weighted by atomic mass is 10.1. The number of carbonyl (C=O) groups is 1. The van der Waals surface area contributed by atoms with Crippen LogP contribution in [0, 0.1) is 0 Å². The van der Waals surface area contributed by atoms with E-state index in [1.165, 1.54) is 0 Å². The maximum atomic E-state index is 12.2. The Morgan fingerprint density at radius 3 is 2.31 bits per heavy atom. The first kappa shape index (κ1) is 11.7. The lowest BCUT2D eigenvalue weighted by Crippen LogP contribution is -2.56. The van der Waals surface area contributed by atoms with E-state index in [2.05, 4.69) is 0 Å². The van der Waals surface area contributed by atoms with Crippen molar-refractivity contribution in [2.75, 3.05) is 46.0 Å². The van der Waals surface area contributed by atoms with Gasteiger partial charge in [0.1, 0.15) is 0 Å². The lowest BCUT2D eigenvalue weighted by molar-refractivity contribution is -0.0784. The minimum absolute atomic E-state index is 0.125. The standard InChI is InChI=1S/C11H20N2O3/c1-11(2)9-13(5-8-16-11)10(14)12-3-6-15-7-4-12/h3-9H2,1-2H3. The Morgan fingerprint density at radius 2 is 1.69 bits per heavy atom. The Hall–Kier alpha value is -0.810. The minimum Gasteiger partial charge on any atom is -0.378 e. The number of nitrogens with zero attached hydrogens (tertiary/aromatic N) is 2. The third-order valence-electron chi connectivity index (χ3n) is 2.98. The molecule has 2 amide bonds. The topological polar surface area (TPSA) is 42.0 Å². The van der Waals surface area contributed by atoms with Crippen LogP contribution in [0.3, 0.4) is 0 Å². The molecule has 2 heterocycles. The first-order valence-corrected chi connectivity index (χ1v) is 5.84. The number of hydrogen-bond acceptors (Lipinski definition) is 3. The Labute approximate surface area is 96.3 Å². The summed E-state index contributed by atoms with van der Waals surface area (Å²) in [6.45, 7) is 8.75. The molecule has 0 aliphatic carbocycles. The number of rotatable bonds is 0. The van der Waals surface area contributed by atoms with Crippen LogP contribution < -0.4 is 0 Å². The molecule has 0 N–H and O–H groups in total. The maximum Gasteiger partial charge on any atom is 0.320 e. The summed E-state index contributed by atoms with van der Waals surface area (Å²) in [5, 5.41) is 0. The van der Waals surface area contributed by atoms with Crippen LogP contribution in [0.25, 0.3) is 0 Å². The fourth-order valence-electron chi connectivity index (χ4n) is 2.13. The average molecular weight is 228 g/mol. The molecule has 0 aromatic carbocycles. The van der Waals surface area contributed by atoms with Crippen molar-refractivity contribution in [2.24, 2.45) is 0 Å². The normalized spacial score (nSPS) is 25.6. The fraction of sp³-hybridized carbons (Fsp3) is 0.909. The number of morpholine rings is 2. The zero-order chi connectivity index (χ0) is 11.6. The Kier molecular flexibility index (Phi) is 3.35. The molecule has 0 radical (unpaired) electrons. The number of urea groups is 1. The maximum absolute atomic E-state index is 12.2. The van der Waals surface area contributed by atoms with Crippen LogP contribution in [0.2, 0.25) is 0 Å². The summed E-state index contributed by atoms with van der Waals surface area (Å²) in [6, 6.07) is 0.125. The first-order chi connectivity index (χ1) is 7.58. The van der Waals surface area contributed by atoms with Crippen molar-refractivity contribution in [3.05, 3.63) is 0 Å². The van der Waals surface area contributed by atoms with Gasteiger partial charge in [0.15, 0.2) is 0 Å². The first-order valence-electron chi connectivity index (χ1n) is 5.84. The van der Waals surface area contributed by atoms with E-state index >= 15 is 0 Å². The van der Waals surface area contributed by atoms with Crippen LogP contribution in [0.1, 0.15) is 13.8 Å². The molecule has 92 valence electrons. The molecule has 5 heteroatoms. The van der Waals surface area contributed by atoms with Crippen molar-refractivity contribution in [1.29, 1.82) is 0 Å². The number of hydrogen-bond donors (Lipinski definition) is 0. The molecule has 5 nitrogen and oxygen atoms in total. The summed E-state index contributed by atoms with van der Waals surface area (Å²) < 4.78 is 10.8. The van der Waals surface area contributed by atoms with Crippen molar-refractivity contribution in [2.45, 2.75) is 19.4 Å². The summed E-state index contributed by atoms with van der Waals surface area (Å²) in [5.41, 5.74) is -0.222. The predicted octanol–water partition coefficient (Wildman–Crippen LogP) is 0.549. The molecule has 0 atom stereocenters. The smallest absolute Gasteiger partial charge is 0.320 e. The molecule has 0 aromatic rings. The molecule has 0 bridgehead atoms. The molecular weight excluding hydrogens is 208 g/mol. The molecule has 0 saturated carbocycles. The van der Waals surface area contributed by atoms with Gasteiger partial charge in [-0.05, 0) is 13.8 Å². The largest absolute Gasteiger partial charge is 0.378 e. The summed E-state index contributed by atoms with van der Waals surface area (Å²) >= 11 is 0. The van der Waals surface area contributed by atoms with E-state index in [0.717, 1.165) is 0 Å². The van der Waals surface area contributed by atoms with E-state index in [-0.39, 0.29) is 11.6 Å². The summed E-state index contributed by atoms with van der Waals surface area (Å²) in [6.07, 6.45) is 0. The van der Waals surface area contributed by atoms with Crippen molar-refractivity contribution in [1.82, 2.24) is 9.80 Å². The Bertz CT molecular complexity index is 262. The summed E-state index contributed by atoms with van der Waals surface area (Å²) in [4.78, 5) is 15.9. The Balaban J connectivity index is 1.93. The van der Waals surface area contributed by atoms with Crippen LogP contribution in [-0.4, -0.2) is 67.4 Å². The van der Waals surface area contributed by atoms with Gasteiger partial charge in [-0.3, -0.25) is 0 Å². The highest BCUT2D eigenvalue weighted by molar-refractivity contribution is 5.74. The summed E-state index contributed by atoms with van der Waals surface area (Å²) in [7, 11) is 0. The molecule has 16 heavy (non-hydrogen) atoms. The predicted molar refractivity (Wildman–Crippen MR) is 59.4 cm³/mol. The van der Waals surface area contributed by atoms with Crippen LogP contribution >= 0.6 is 0 Å². The fourth-order valence-corrected chi connectivity index (χ4v) is 2.13. The zero-order valence-corrected chi connectivity index (χ0v) is 10.1. The van der Waals surface area contributed by atoms with Gasteiger partial charge in [-0.15, -0.1) is 0 Å². The number of ether oxygens (including phenoxy) is 2. The van der Waals surface area contributed by atoms with Gasteiger partial charge in [0.2, 0.25) is 0 Å². The number of amides is 2. The second-order valence-electron chi connectivity index (χ2n) is 4.91. The molecule has 0 aromatic heterocycles. The van der Waals surface area contributed by atoms with Crippen LogP contribution in [-0.2, 0) is 9.47 Å². The minimum atomic E-state index is -0.222. The Morgan fingerprint density at radius 1 is 1.06 bits per heavy atom. The molecule has 2 aliphatic heterocycles. The van der Waals surface area contributed by atoms with Gasteiger partial charge in [0.25, 0.3) is 0 Å². The van der Waals surface area contributed by atoms with Gasteiger partial charge in [-0.25, -0.2) is 4.79 Å². The average Bonchev–Trinajstić information content (AvgIpc) is 2.28. The van der Waals surface area contributed by atoms with Crippen LogP contribution in [0.4, 0.5) is 4.79 Å². The highest BCUT2D eigenvalue weighted by Crippen LogP contribution is 2.17. The van der Waals surface area contributed by atoms with Crippen molar-refractivity contribution >= 4 is 6.03 Å². The van der Waals surface area contributed by atoms with E-state index in [0.29, 0.717) is 46.0 Å². The van der Waals surface area contributed by atoms with Gasteiger partial charge >= 0.3 is 6.03 Å². The van der Waals surface area contributed by atoms with Crippen molar-refractivity contribution in [3.8, 4) is 0 Å². The molecule has 2 fully saturated rings. The van der Waals surface area contributed by atoms with E-state index in [4.69, 9.17) is 9.47 Å². The lowest BCUT2D eigenvalue weighted by Gasteiger charge is -2.41. The molecule has 2 saturated heterocycles. The monoisotopic (exact) mass is 228 g/mol. The third kappa shape index (κ3) is 2.65. The molecule has 2 aliphatic rings. The zero-order valence-electron chi connectivity index (χ0n) is 10.1. The van der Waals surface area contributed by atoms with Gasteiger partial charge in [-0.1, -0.05) is 0 Å². The van der Waals surface area contributed by atoms with Gasteiger partial charge in [0, 0.05) is 19.6 Å². The van der Waals surface area contributed by atoms with Crippen LogP contribution in [0.15, 0.2) is 0 Å². The van der Waals surface area contributed by atoms with E-state index in [1.807, 2.05) is 23.6 Å². The van der Waals surface area contributed by atoms with Crippen molar-refractivity contribution in [3.63, 3.8) is 0 Å². The molecular formula is C11H20N2O3. The van der Waals surface area contributed by atoms with Gasteiger partial charge < -0.3 is 19.3 Å². The molecule has 0 unspecified atom stereocenters.